The van der Waals surface area contributed by atoms with Crippen molar-refractivity contribution in [2.45, 2.75) is 125 Å². The Morgan fingerprint density at radius 3 is 1.67 bits per heavy atom. The fourth-order valence-electron chi connectivity index (χ4n) is 6.94. The third-order valence-electron chi connectivity index (χ3n) is 9.35. The van der Waals surface area contributed by atoms with Gasteiger partial charge in [0.1, 0.15) is 11.5 Å². The minimum atomic E-state index is -4.02. The van der Waals surface area contributed by atoms with E-state index in [1.54, 1.807) is 27.7 Å². The molecule has 1 aromatic carbocycles. The van der Waals surface area contributed by atoms with E-state index in [1.165, 1.54) is 0 Å². The number of hydrogen-bond acceptors (Lipinski definition) is 9. The number of hydrogen-bond donors (Lipinski definition) is 1. The highest BCUT2D eigenvalue weighted by Gasteiger charge is 2.59. The van der Waals surface area contributed by atoms with Gasteiger partial charge in [-0.1, -0.05) is 60.3 Å². The number of phosphoric ester groups is 2. The van der Waals surface area contributed by atoms with Gasteiger partial charge in [-0.3, -0.25) is 18.1 Å². The lowest BCUT2D eigenvalue weighted by molar-refractivity contribution is -0.152. The molecule has 3 aliphatic carbocycles. The first kappa shape index (κ1) is 36.5. The summed E-state index contributed by atoms with van der Waals surface area (Å²) < 4.78 is 62.5. The molecule has 9 nitrogen and oxygen atoms in total. The van der Waals surface area contributed by atoms with Crippen molar-refractivity contribution < 1.29 is 41.4 Å². The number of rotatable bonds is 19. The lowest BCUT2D eigenvalue weighted by Gasteiger charge is -2.62. The summed E-state index contributed by atoms with van der Waals surface area (Å²) in [5, 5.41) is 11.2. The van der Waals surface area contributed by atoms with Crippen LogP contribution < -0.4 is 9.05 Å². The zero-order valence-electron chi connectivity index (χ0n) is 27.8. The largest absolute Gasteiger partial charge is 0.530 e. The smallest absolute Gasteiger partial charge is 0.404 e. The molecule has 1 aromatic rings. The Hall–Kier alpha value is -0.920. The Morgan fingerprint density at radius 1 is 0.791 bits per heavy atom. The average Bonchev–Trinajstić information content (AvgIpc) is 2.90. The molecule has 0 aromatic heterocycles. The summed E-state index contributed by atoms with van der Waals surface area (Å²) >= 11 is 0. The molecule has 11 heteroatoms. The minimum Gasteiger partial charge on any atom is -0.404 e. The zero-order valence-corrected chi connectivity index (χ0v) is 29.6. The standard InChI is InChI=1S/C32H56O9P2/c1-10-15-16-17-18-31(6,7)23-19-28(40-42(34,36-11-2)37-12-3)30(24-21-27(33)26-22-25(24)32(26,8)9)29(20-23)41-43(35,38-13-4)39-14-5/h19-20,24-27,33H,10-18,21-22H2,1-9H3/t24-,25-,26+,27?/m0/s1. The van der Waals surface area contributed by atoms with E-state index in [0.29, 0.717) is 12.0 Å². The summed E-state index contributed by atoms with van der Waals surface area (Å²) in [4.78, 5) is 0. The molecule has 4 atom stereocenters. The molecule has 4 rings (SSSR count). The van der Waals surface area contributed by atoms with Crippen LogP contribution in [-0.4, -0.2) is 37.6 Å². The van der Waals surface area contributed by atoms with Crippen LogP contribution in [0.3, 0.4) is 0 Å². The molecule has 248 valence electrons. The lowest BCUT2D eigenvalue weighted by atomic mass is 9.44. The molecule has 3 fully saturated rings. The minimum absolute atomic E-state index is 0.127. The summed E-state index contributed by atoms with van der Waals surface area (Å²) in [6.07, 6.45) is 6.13. The number of aliphatic hydroxyl groups excluding tert-OH is 1. The van der Waals surface area contributed by atoms with Gasteiger partial charge in [0.25, 0.3) is 0 Å². The first-order valence-electron chi connectivity index (χ1n) is 16.2. The van der Waals surface area contributed by atoms with Crippen LogP contribution in [0.1, 0.15) is 124 Å². The third kappa shape index (κ3) is 8.47. The predicted octanol–water partition coefficient (Wildman–Crippen LogP) is 9.56. The van der Waals surface area contributed by atoms with Crippen molar-refractivity contribution in [2.75, 3.05) is 26.4 Å². The molecule has 1 unspecified atom stereocenters. The highest BCUT2D eigenvalue weighted by Crippen LogP contribution is 2.67. The number of phosphoric acid groups is 2. The molecule has 3 aliphatic rings. The monoisotopic (exact) mass is 646 g/mol. The molecule has 0 saturated heterocycles. The van der Waals surface area contributed by atoms with Crippen LogP contribution in [0.15, 0.2) is 12.1 Å². The van der Waals surface area contributed by atoms with Crippen LogP contribution >= 0.6 is 15.6 Å². The first-order chi connectivity index (χ1) is 20.2. The fourth-order valence-corrected chi connectivity index (χ4v) is 9.35. The highest BCUT2D eigenvalue weighted by molar-refractivity contribution is 7.49. The molecule has 0 aliphatic heterocycles. The maximum Gasteiger partial charge on any atom is 0.530 e. The maximum atomic E-state index is 13.8. The van der Waals surface area contributed by atoms with Gasteiger partial charge < -0.3 is 14.2 Å². The van der Waals surface area contributed by atoms with Crippen LogP contribution in [0, 0.1) is 17.3 Å². The fraction of sp³-hybridized carbons (Fsp3) is 0.812. The predicted molar refractivity (Wildman–Crippen MR) is 170 cm³/mol. The van der Waals surface area contributed by atoms with Crippen molar-refractivity contribution in [1.82, 2.24) is 0 Å². The Balaban J connectivity index is 2.27. The van der Waals surface area contributed by atoms with Gasteiger partial charge in [-0.25, -0.2) is 9.13 Å². The Kier molecular flexibility index (Phi) is 12.8. The molecule has 0 radical (unpaired) electrons. The normalized spacial score (nSPS) is 23.6. The van der Waals surface area contributed by atoms with E-state index in [2.05, 4.69) is 34.6 Å². The summed E-state index contributed by atoms with van der Waals surface area (Å²) in [5.74, 6) is 0.736. The second-order valence-electron chi connectivity index (χ2n) is 13.0. The highest BCUT2D eigenvalue weighted by atomic mass is 31.2. The van der Waals surface area contributed by atoms with Gasteiger partial charge in [-0.05, 0) is 93.2 Å². The second kappa shape index (κ2) is 15.1. The molecule has 0 heterocycles. The van der Waals surface area contributed by atoms with Crippen molar-refractivity contribution in [3.8, 4) is 11.5 Å². The maximum absolute atomic E-state index is 13.8. The molecule has 0 amide bonds. The summed E-state index contributed by atoms with van der Waals surface area (Å²) in [6, 6.07) is 3.81. The van der Waals surface area contributed by atoms with Gasteiger partial charge in [0.15, 0.2) is 0 Å². The van der Waals surface area contributed by atoms with E-state index in [1.807, 2.05) is 12.1 Å². The molecule has 2 bridgehead atoms. The molecular weight excluding hydrogens is 590 g/mol. The molecule has 3 saturated carbocycles. The van der Waals surface area contributed by atoms with Crippen LogP contribution in [-0.2, 0) is 32.6 Å². The third-order valence-corrected chi connectivity index (χ3v) is 12.5. The molecule has 43 heavy (non-hydrogen) atoms. The Morgan fingerprint density at radius 2 is 1.28 bits per heavy atom. The van der Waals surface area contributed by atoms with Crippen molar-refractivity contribution in [2.24, 2.45) is 17.3 Å². The topological polar surface area (TPSA) is 110 Å². The van der Waals surface area contributed by atoms with Gasteiger partial charge in [0, 0.05) is 5.56 Å². The van der Waals surface area contributed by atoms with Gasteiger partial charge >= 0.3 is 15.6 Å². The van der Waals surface area contributed by atoms with E-state index in [4.69, 9.17) is 27.1 Å². The van der Waals surface area contributed by atoms with Crippen molar-refractivity contribution >= 4 is 15.6 Å². The SMILES string of the molecule is CCCCCCC(C)(C)c1cc(OP(=O)(OCC)OCC)c([C@H]2CC(O)[C@H]3C[C@@H]2C3(C)C)c(OP(=O)(OCC)OCC)c1. The number of benzene rings is 1. The molecule has 1 N–H and O–H groups in total. The van der Waals surface area contributed by atoms with Crippen LogP contribution in [0.25, 0.3) is 0 Å². The lowest BCUT2D eigenvalue weighted by Crippen LogP contribution is -2.57. The van der Waals surface area contributed by atoms with Crippen molar-refractivity contribution in [3.63, 3.8) is 0 Å². The van der Waals surface area contributed by atoms with Gasteiger partial charge in [0.05, 0.1) is 32.5 Å². The molecular formula is C32H56O9P2. The molecule has 0 spiro atoms. The summed E-state index contributed by atoms with van der Waals surface area (Å²) in [7, 11) is -8.04. The van der Waals surface area contributed by atoms with Crippen molar-refractivity contribution in [3.05, 3.63) is 23.3 Å². The first-order valence-corrected chi connectivity index (χ1v) is 19.2. The Labute approximate surface area is 259 Å². The van der Waals surface area contributed by atoms with E-state index in [0.717, 1.165) is 44.1 Å². The van der Waals surface area contributed by atoms with Crippen molar-refractivity contribution in [1.29, 1.82) is 0 Å². The van der Waals surface area contributed by atoms with E-state index in [9.17, 15) is 14.2 Å². The van der Waals surface area contributed by atoms with Gasteiger partial charge in [-0.15, -0.1) is 0 Å². The number of aliphatic hydroxyl groups is 1. The number of unbranched alkanes of at least 4 members (excludes halogenated alkanes) is 3. The summed E-state index contributed by atoms with van der Waals surface area (Å²) in [6.45, 7) is 18.3. The van der Waals surface area contributed by atoms with Crippen LogP contribution in [0.2, 0.25) is 0 Å². The van der Waals surface area contributed by atoms with Gasteiger partial charge in [0.2, 0.25) is 0 Å². The van der Waals surface area contributed by atoms with E-state index in [-0.39, 0.29) is 66.5 Å². The quantitative estimate of drug-likeness (QED) is 0.116. The Bertz CT molecular complexity index is 1080. The van der Waals surface area contributed by atoms with E-state index >= 15 is 0 Å². The van der Waals surface area contributed by atoms with Gasteiger partial charge in [-0.2, -0.15) is 0 Å². The summed E-state index contributed by atoms with van der Waals surface area (Å²) in [5.41, 5.74) is 0.998. The number of fused-ring (bicyclic) bond motifs is 2. The van der Waals surface area contributed by atoms with E-state index < -0.39 is 21.7 Å². The zero-order chi connectivity index (χ0) is 32.1. The second-order valence-corrected chi connectivity index (χ2v) is 16.2. The van der Waals surface area contributed by atoms with Crippen LogP contribution in [0.4, 0.5) is 0 Å². The average molecular weight is 647 g/mol. The van der Waals surface area contributed by atoms with Crippen LogP contribution in [0.5, 0.6) is 11.5 Å².